The Kier molecular flexibility index (Phi) is 6.68. The molecule has 4 nitrogen and oxygen atoms in total. The molecule has 0 rings (SSSR count). The minimum Gasteiger partial charge on any atom is -0.481 e. The third-order valence-corrected chi connectivity index (χ3v) is 2.31. The van der Waals surface area contributed by atoms with Crippen LogP contribution in [-0.2, 0) is 14.3 Å². The number of alkyl halides is 2. The van der Waals surface area contributed by atoms with Crippen LogP contribution in [0.15, 0.2) is 0 Å². The minimum absolute atomic E-state index is 0.282. The molecule has 0 spiro atoms. The first-order valence-electron chi connectivity index (χ1n) is 5.56. The normalized spacial score (nSPS) is 13.2. The average molecular weight is 252 g/mol. The third-order valence-electron chi connectivity index (χ3n) is 2.31. The van der Waals surface area contributed by atoms with Gasteiger partial charge in [-0.3, -0.25) is 9.59 Å². The number of ether oxygens (including phenoxy) is 1. The highest BCUT2D eigenvalue weighted by atomic mass is 19.3. The van der Waals surface area contributed by atoms with Crippen LogP contribution in [-0.4, -0.2) is 29.1 Å². The number of hydrogen-bond acceptors (Lipinski definition) is 3. The summed E-state index contributed by atoms with van der Waals surface area (Å²) in [5.74, 6) is -5.08. The van der Waals surface area contributed by atoms with Gasteiger partial charge < -0.3 is 9.84 Å². The molecule has 1 N–H and O–H groups in total. The van der Waals surface area contributed by atoms with Crippen LogP contribution >= 0.6 is 0 Å². The lowest BCUT2D eigenvalue weighted by Gasteiger charge is -2.16. The van der Waals surface area contributed by atoms with Crippen LogP contribution in [0.1, 0.15) is 46.0 Å². The lowest BCUT2D eigenvalue weighted by molar-refractivity contribution is -0.150. The highest BCUT2D eigenvalue weighted by molar-refractivity contribution is 5.69. The molecule has 0 fully saturated rings. The molecule has 0 aromatic rings. The van der Waals surface area contributed by atoms with E-state index >= 15 is 0 Å². The minimum atomic E-state index is -3.13. The van der Waals surface area contributed by atoms with Gasteiger partial charge in [0.2, 0.25) is 5.92 Å². The predicted molar refractivity (Wildman–Crippen MR) is 56.9 cm³/mol. The van der Waals surface area contributed by atoms with E-state index in [2.05, 4.69) is 0 Å². The Hall–Kier alpha value is -1.20. The molecule has 0 saturated carbocycles. The van der Waals surface area contributed by atoms with Crippen molar-refractivity contribution in [2.45, 2.75) is 58.0 Å². The lowest BCUT2D eigenvalue weighted by atomic mass is 10.1. The van der Waals surface area contributed by atoms with E-state index in [1.807, 2.05) is 6.92 Å². The van der Waals surface area contributed by atoms with E-state index in [-0.39, 0.29) is 6.10 Å². The summed E-state index contributed by atoms with van der Waals surface area (Å²) in [7, 11) is 0. The van der Waals surface area contributed by atoms with Gasteiger partial charge in [-0.1, -0.05) is 6.92 Å². The van der Waals surface area contributed by atoms with Crippen molar-refractivity contribution in [3.63, 3.8) is 0 Å². The average Bonchev–Trinajstić information content (AvgIpc) is 2.24. The molecular weight excluding hydrogens is 234 g/mol. The fourth-order valence-corrected chi connectivity index (χ4v) is 1.07. The zero-order valence-electron chi connectivity index (χ0n) is 10.0. The molecule has 0 aromatic carbocycles. The molecule has 0 bridgehead atoms. The van der Waals surface area contributed by atoms with E-state index in [0.717, 1.165) is 0 Å². The van der Waals surface area contributed by atoms with Gasteiger partial charge in [0.1, 0.15) is 0 Å². The van der Waals surface area contributed by atoms with Crippen molar-refractivity contribution in [1.29, 1.82) is 0 Å². The highest BCUT2D eigenvalue weighted by Gasteiger charge is 2.30. The molecule has 0 aliphatic heterocycles. The van der Waals surface area contributed by atoms with Crippen molar-refractivity contribution in [2.24, 2.45) is 0 Å². The summed E-state index contributed by atoms with van der Waals surface area (Å²) >= 11 is 0. The van der Waals surface area contributed by atoms with Gasteiger partial charge in [0.15, 0.2) is 0 Å². The summed E-state index contributed by atoms with van der Waals surface area (Å²) in [6.07, 6.45) is -2.07. The fourth-order valence-electron chi connectivity index (χ4n) is 1.07. The van der Waals surface area contributed by atoms with Gasteiger partial charge in [-0.25, -0.2) is 8.78 Å². The first-order valence-corrected chi connectivity index (χ1v) is 5.56. The van der Waals surface area contributed by atoms with Crippen molar-refractivity contribution >= 4 is 11.9 Å². The van der Waals surface area contributed by atoms with Gasteiger partial charge in [-0.2, -0.15) is 0 Å². The molecule has 0 aromatic heterocycles. The molecular formula is C11H18F2O4. The second-order valence-electron chi connectivity index (χ2n) is 3.96. The largest absolute Gasteiger partial charge is 0.481 e. The maximum absolute atomic E-state index is 13.1. The van der Waals surface area contributed by atoms with Gasteiger partial charge in [0, 0.05) is 12.8 Å². The number of carboxylic acids is 1. The van der Waals surface area contributed by atoms with Crippen LogP contribution in [0.25, 0.3) is 0 Å². The number of esters is 1. The van der Waals surface area contributed by atoms with Crippen LogP contribution in [0.5, 0.6) is 0 Å². The third kappa shape index (κ3) is 8.59. The van der Waals surface area contributed by atoms with Crippen LogP contribution in [0.4, 0.5) is 8.78 Å². The first-order chi connectivity index (χ1) is 7.76. The lowest BCUT2D eigenvalue weighted by Crippen LogP contribution is -2.21. The monoisotopic (exact) mass is 252 g/mol. The highest BCUT2D eigenvalue weighted by Crippen LogP contribution is 2.26. The second-order valence-corrected chi connectivity index (χ2v) is 3.96. The quantitative estimate of drug-likeness (QED) is 0.674. The number of aliphatic carboxylic acids is 1. The van der Waals surface area contributed by atoms with E-state index in [0.29, 0.717) is 6.42 Å². The summed E-state index contributed by atoms with van der Waals surface area (Å²) < 4.78 is 31.0. The van der Waals surface area contributed by atoms with Crippen molar-refractivity contribution in [2.75, 3.05) is 0 Å². The van der Waals surface area contributed by atoms with E-state index in [9.17, 15) is 18.4 Å². The molecule has 1 unspecified atom stereocenters. The molecule has 6 heteroatoms. The van der Waals surface area contributed by atoms with Crippen LogP contribution < -0.4 is 0 Å². The zero-order chi connectivity index (χ0) is 13.5. The number of rotatable bonds is 8. The molecule has 0 amide bonds. The van der Waals surface area contributed by atoms with E-state index in [1.165, 1.54) is 0 Å². The second kappa shape index (κ2) is 7.19. The Balaban J connectivity index is 3.91. The molecule has 100 valence electrons. The Labute approximate surface area is 99.0 Å². The maximum Gasteiger partial charge on any atom is 0.306 e. The summed E-state index contributed by atoms with van der Waals surface area (Å²) in [6.45, 7) is 3.50. The molecule has 0 heterocycles. The number of carbonyl (C=O) groups is 2. The molecule has 0 radical (unpaired) electrons. The molecule has 1 atom stereocenters. The van der Waals surface area contributed by atoms with E-state index in [4.69, 9.17) is 9.84 Å². The zero-order valence-corrected chi connectivity index (χ0v) is 10.0. The van der Waals surface area contributed by atoms with Crippen LogP contribution in [0.2, 0.25) is 0 Å². The topological polar surface area (TPSA) is 63.6 Å². The van der Waals surface area contributed by atoms with Crippen molar-refractivity contribution in [1.82, 2.24) is 0 Å². The first kappa shape index (κ1) is 15.8. The Morgan fingerprint density at radius 2 is 1.82 bits per heavy atom. The van der Waals surface area contributed by atoms with Crippen molar-refractivity contribution in [3.05, 3.63) is 0 Å². The summed E-state index contributed by atoms with van der Waals surface area (Å²) in [4.78, 5) is 21.3. The number of carbonyl (C=O) groups excluding carboxylic acids is 1. The molecule has 0 aliphatic carbocycles. The summed E-state index contributed by atoms with van der Waals surface area (Å²) in [5, 5.41) is 8.28. The van der Waals surface area contributed by atoms with Gasteiger partial charge in [0.25, 0.3) is 0 Å². The maximum atomic E-state index is 13.1. The Morgan fingerprint density at radius 3 is 2.29 bits per heavy atom. The summed E-state index contributed by atoms with van der Waals surface area (Å²) in [6, 6.07) is 0. The van der Waals surface area contributed by atoms with Gasteiger partial charge in [-0.15, -0.1) is 0 Å². The standard InChI is InChI=1S/C11H18F2O4/c1-3-8(2)17-10(16)5-7-11(12,13)6-4-9(14)15/h8H,3-7H2,1-2H3,(H,14,15). The van der Waals surface area contributed by atoms with E-state index in [1.54, 1.807) is 6.92 Å². The summed E-state index contributed by atoms with van der Waals surface area (Å²) in [5.41, 5.74) is 0. The Bertz CT molecular complexity index is 266. The van der Waals surface area contributed by atoms with Crippen molar-refractivity contribution < 1.29 is 28.2 Å². The predicted octanol–water partition coefficient (Wildman–Crippen LogP) is 2.61. The smallest absolute Gasteiger partial charge is 0.306 e. The van der Waals surface area contributed by atoms with Crippen molar-refractivity contribution in [3.8, 4) is 0 Å². The van der Waals surface area contributed by atoms with Gasteiger partial charge in [0.05, 0.1) is 18.9 Å². The van der Waals surface area contributed by atoms with Crippen LogP contribution in [0, 0.1) is 0 Å². The SMILES string of the molecule is CCC(C)OC(=O)CCC(F)(F)CCC(=O)O. The van der Waals surface area contributed by atoms with E-state index < -0.39 is 43.5 Å². The van der Waals surface area contributed by atoms with Gasteiger partial charge in [-0.05, 0) is 13.3 Å². The Morgan fingerprint density at radius 1 is 1.29 bits per heavy atom. The number of carboxylic acid groups (broad SMARTS) is 1. The molecule has 0 saturated heterocycles. The fraction of sp³-hybridized carbons (Fsp3) is 0.818. The van der Waals surface area contributed by atoms with Crippen LogP contribution in [0.3, 0.4) is 0 Å². The molecule has 17 heavy (non-hydrogen) atoms. The number of hydrogen-bond donors (Lipinski definition) is 1. The molecule has 0 aliphatic rings. The number of halogens is 2. The van der Waals surface area contributed by atoms with Gasteiger partial charge >= 0.3 is 11.9 Å².